The smallest absolute Gasteiger partial charge is 0.252 e. The molecule has 2 aliphatic rings. The number of ether oxygens (including phenoxy) is 1. The monoisotopic (exact) mass is 496 g/mol. The molecule has 1 saturated carbocycles. The number of aryl methyl sites for hydroxylation is 2. The van der Waals surface area contributed by atoms with Gasteiger partial charge in [0.25, 0.3) is 5.91 Å². The summed E-state index contributed by atoms with van der Waals surface area (Å²) in [6.45, 7) is 7.65. The number of nitrogens with zero attached hydrogens (tertiary/aromatic N) is 5. The minimum Gasteiger partial charge on any atom is -0.379 e. The Morgan fingerprint density at radius 3 is 2.68 bits per heavy atom. The zero-order valence-electron chi connectivity index (χ0n) is 21.4. The van der Waals surface area contributed by atoms with Crippen molar-refractivity contribution in [1.29, 1.82) is 0 Å². The Morgan fingerprint density at radius 2 is 1.95 bits per heavy atom. The SMILES string of the molecule is Cc1cccc(C(CNC(=O)c2cc(C3CC3)nc3c2c(C)nn3-c2ccccn2)N2CCOCC2)c1. The van der Waals surface area contributed by atoms with Gasteiger partial charge in [-0.2, -0.15) is 9.78 Å². The standard InChI is InChI=1S/C29H32N6O2/c1-19-6-5-7-22(16-19)25(34-12-14-37-15-13-34)18-31-29(36)23-17-24(21-9-10-21)32-28-27(23)20(2)33-35(28)26-8-3-4-11-30-26/h3-8,11,16-17,21,25H,9-10,12-15,18H2,1-2H3,(H,31,36). The molecule has 0 radical (unpaired) electrons. The van der Waals surface area contributed by atoms with Gasteiger partial charge in [0, 0.05) is 37.4 Å². The fourth-order valence-corrected chi connectivity index (χ4v) is 5.22. The van der Waals surface area contributed by atoms with Crippen molar-refractivity contribution in [3.63, 3.8) is 0 Å². The van der Waals surface area contributed by atoms with Gasteiger partial charge in [-0.15, -0.1) is 0 Å². The van der Waals surface area contributed by atoms with Crippen LogP contribution in [0.15, 0.2) is 54.7 Å². The number of aromatic nitrogens is 4. The lowest BCUT2D eigenvalue weighted by Gasteiger charge is -2.35. The summed E-state index contributed by atoms with van der Waals surface area (Å²) in [6, 6.07) is 16.3. The van der Waals surface area contributed by atoms with E-state index in [1.54, 1.807) is 10.9 Å². The highest BCUT2D eigenvalue weighted by Gasteiger charge is 2.30. The van der Waals surface area contributed by atoms with Crippen molar-refractivity contribution in [2.45, 2.75) is 38.6 Å². The van der Waals surface area contributed by atoms with Gasteiger partial charge in [-0.3, -0.25) is 9.69 Å². The second-order valence-electron chi connectivity index (χ2n) is 10.0. The van der Waals surface area contributed by atoms with Crippen molar-refractivity contribution in [3.05, 3.63) is 82.8 Å². The van der Waals surface area contributed by atoms with Crippen LogP contribution >= 0.6 is 0 Å². The first kappa shape index (κ1) is 23.8. The van der Waals surface area contributed by atoms with Gasteiger partial charge in [0.1, 0.15) is 0 Å². The summed E-state index contributed by atoms with van der Waals surface area (Å²) in [6.07, 6.45) is 3.94. The van der Waals surface area contributed by atoms with E-state index in [1.807, 2.05) is 31.2 Å². The van der Waals surface area contributed by atoms with Crippen molar-refractivity contribution in [3.8, 4) is 5.82 Å². The van der Waals surface area contributed by atoms with Crippen molar-refractivity contribution in [1.82, 2.24) is 30.0 Å². The van der Waals surface area contributed by atoms with Crippen LogP contribution in [0.25, 0.3) is 16.9 Å². The molecule has 1 amide bonds. The molecule has 4 heterocycles. The Labute approximate surface area is 216 Å². The highest BCUT2D eigenvalue weighted by molar-refractivity contribution is 6.06. The van der Waals surface area contributed by atoms with E-state index in [0.717, 1.165) is 42.7 Å². The lowest BCUT2D eigenvalue weighted by molar-refractivity contribution is 0.0162. The number of pyridine rings is 2. The molecule has 190 valence electrons. The number of carbonyl (C=O) groups excluding carboxylic acids is 1. The van der Waals surface area contributed by atoms with Gasteiger partial charge in [-0.25, -0.2) is 9.97 Å². The maximum Gasteiger partial charge on any atom is 0.252 e. The number of carbonyl (C=O) groups is 1. The fourth-order valence-electron chi connectivity index (χ4n) is 5.22. The number of hydrogen-bond donors (Lipinski definition) is 1. The van der Waals surface area contributed by atoms with Gasteiger partial charge in [0.15, 0.2) is 11.5 Å². The molecule has 6 rings (SSSR count). The maximum absolute atomic E-state index is 13.8. The fraction of sp³-hybridized carbons (Fsp3) is 0.379. The van der Waals surface area contributed by atoms with Crippen molar-refractivity contribution in [2.75, 3.05) is 32.8 Å². The number of amides is 1. The van der Waals surface area contributed by atoms with Crippen LogP contribution in [0.2, 0.25) is 0 Å². The highest BCUT2D eigenvalue weighted by atomic mass is 16.5. The van der Waals surface area contributed by atoms with Gasteiger partial charge >= 0.3 is 0 Å². The molecule has 1 aromatic carbocycles. The first-order valence-electron chi connectivity index (χ1n) is 13.1. The van der Waals surface area contributed by atoms with Crippen LogP contribution < -0.4 is 5.32 Å². The lowest BCUT2D eigenvalue weighted by Crippen LogP contribution is -2.43. The first-order valence-corrected chi connectivity index (χ1v) is 13.1. The summed E-state index contributed by atoms with van der Waals surface area (Å²) in [5.41, 5.74) is 5.47. The molecule has 1 aliphatic heterocycles. The summed E-state index contributed by atoms with van der Waals surface area (Å²) >= 11 is 0. The van der Waals surface area contributed by atoms with E-state index in [0.29, 0.717) is 42.7 Å². The number of benzene rings is 1. The third kappa shape index (κ3) is 4.86. The third-order valence-corrected chi connectivity index (χ3v) is 7.31. The molecule has 1 unspecified atom stereocenters. The summed E-state index contributed by atoms with van der Waals surface area (Å²) in [5, 5.41) is 8.79. The largest absolute Gasteiger partial charge is 0.379 e. The van der Waals surface area contributed by atoms with E-state index in [-0.39, 0.29) is 11.9 Å². The molecular formula is C29H32N6O2. The van der Waals surface area contributed by atoms with E-state index in [9.17, 15) is 4.79 Å². The molecular weight excluding hydrogens is 464 g/mol. The Hall–Kier alpha value is -3.62. The molecule has 37 heavy (non-hydrogen) atoms. The van der Waals surface area contributed by atoms with Crippen LogP contribution in [0.3, 0.4) is 0 Å². The summed E-state index contributed by atoms with van der Waals surface area (Å²) in [7, 11) is 0. The van der Waals surface area contributed by atoms with Crippen LogP contribution in [-0.4, -0.2) is 63.4 Å². The highest BCUT2D eigenvalue weighted by Crippen LogP contribution is 2.40. The molecule has 2 fully saturated rings. The van der Waals surface area contributed by atoms with Crippen molar-refractivity contribution in [2.24, 2.45) is 0 Å². The quantitative estimate of drug-likeness (QED) is 0.414. The number of morpholine rings is 1. The third-order valence-electron chi connectivity index (χ3n) is 7.31. The van der Waals surface area contributed by atoms with Crippen molar-refractivity contribution >= 4 is 16.9 Å². The number of fused-ring (bicyclic) bond motifs is 1. The zero-order chi connectivity index (χ0) is 25.4. The number of nitrogens with one attached hydrogen (secondary N) is 1. The second kappa shape index (κ2) is 10.0. The van der Waals surface area contributed by atoms with Crippen molar-refractivity contribution < 1.29 is 9.53 Å². The molecule has 0 bridgehead atoms. The molecule has 1 N–H and O–H groups in total. The van der Waals surface area contributed by atoms with E-state index in [2.05, 4.69) is 46.4 Å². The summed E-state index contributed by atoms with van der Waals surface area (Å²) in [4.78, 5) is 25.6. The van der Waals surface area contributed by atoms with E-state index < -0.39 is 0 Å². The molecule has 8 heteroatoms. The topological polar surface area (TPSA) is 85.2 Å². The maximum atomic E-state index is 13.8. The van der Waals surface area contributed by atoms with E-state index in [1.165, 1.54) is 11.1 Å². The number of hydrogen-bond acceptors (Lipinski definition) is 6. The van der Waals surface area contributed by atoms with Crippen LogP contribution in [-0.2, 0) is 4.74 Å². The molecule has 0 spiro atoms. The van der Waals surface area contributed by atoms with Crippen LogP contribution in [0.5, 0.6) is 0 Å². The van der Waals surface area contributed by atoms with Gasteiger partial charge in [-0.1, -0.05) is 35.9 Å². The summed E-state index contributed by atoms with van der Waals surface area (Å²) in [5.74, 6) is 1.000. The predicted octanol–water partition coefficient (Wildman–Crippen LogP) is 4.11. The van der Waals surface area contributed by atoms with Gasteiger partial charge < -0.3 is 10.1 Å². The first-order chi connectivity index (χ1) is 18.1. The molecule has 4 aromatic rings. The second-order valence-corrected chi connectivity index (χ2v) is 10.0. The number of rotatable bonds is 7. The average molecular weight is 497 g/mol. The normalized spacial score (nSPS) is 17.1. The molecule has 3 aromatic heterocycles. The Morgan fingerprint density at radius 1 is 1.11 bits per heavy atom. The molecule has 1 aliphatic carbocycles. The van der Waals surface area contributed by atoms with Gasteiger partial charge in [-0.05, 0) is 50.5 Å². The molecule has 8 nitrogen and oxygen atoms in total. The Kier molecular flexibility index (Phi) is 6.44. The average Bonchev–Trinajstić information content (AvgIpc) is 3.73. The molecule has 1 saturated heterocycles. The Bertz CT molecular complexity index is 1420. The van der Waals surface area contributed by atoms with E-state index >= 15 is 0 Å². The summed E-state index contributed by atoms with van der Waals surface area (Å²) < 4.78 is 7.36. The van der Waals surface area contributed by atoms with Crippen LogP contribution in [0.1, 0.15) is 57.7 Å². The van der Waals surface area contributed by atoms with Gasteiger partial charge in [0.05, 0.1) is 35.9 Å². The minimum absolute atomic E-state index is 0.0744. The predicted molar refractivity (Wildman–Crippen MR) is 142 cm³/mol. The minimum atomic E-state index is -0.0936. The zero-order valence-corrected chi connectivity index (χ0v) is 21.4. The van der Waals surface area contributed by atoms with Crippen LogP contribution in [0.4, 0.5) is 0 Å². The molecule has 1 atom stereocenters. The van der Waals surface area contributed by atoms with Gasteiger partial charge in [0.2, 0.25) is 0 Å². The van der Waals surface area contributed by atoms with E-state index in [4.69, 9.17) is 14.8 Å². The Balaban J connectivity index is 1.34. The lowest BCUT2D eigenvalue weighted by atomic mass is 10.0. The van der Waals surface area contributed by atoms with Crippen LogP contribution in [0, 0.1) is 13.8 Å².